The number of aryl methyl sites for hydroxylation is 3. The van der Waals surface area contributed by atoms with Crippen LogP contribution in [0, 0.1) is 13.8 Å². The van der Waals surface area contributed by atoms with Crippen molar-refractivity contribution in [2.24, 2.45) is 0 Å². The zero-order valence-corrected chi connectivity index (χ0v) is 16.9. The van der Waals surface area contributed by atoms with Gasteiger partial charge >= 0.3 is 0 Å². The fourth-order valence-corrected chi connectivity index (χ4v) is 3.84. The summed E-state index contributed by atoms with van der Waals surface area (Å²) in [5.74, 6) is -0.274. The summed E-state index contributed by atoms with van der Waals surface area (Å²) in [4.78, 5) is 25.8. The van der Waals surface area contributed by atoms with Crippen molar-refractivity contribution >= 4 is 33.4 Å². The molecule has 29 heavy (non-hydrogen) atoms. The van der Waals surface area contributed by atoms with E-state index in [1.54, 1.807) is 6.20 Å². The molecule has 0 bridgehead atoms. The summed E-state index contributed by atoms with van der Waals surface area (Å²) in [5.41, 5.74) is 4.23. The SMILES string of the molecule is CCCn1c2ccccc2c2cnn(CC(=O)Nc3ccc(C)cc3C)c(=O)c21. The van der Waals surface area contributed by atoms with Crippen LogP contribution in [-0.4, -0.2) is 20.3 Å². The number of hydrogen-bond donors (Lipinski definition) is 1. The maximum Gasteiger partial charge on any atom is 0.291 e. The Bertz CT molecular complexity index is 1280. The van der Waals surface area contributed by atoms with Crippen LogP contribution in [0.25, 0.3) is 21.8 Å². The molecule has 1 amide bonds. The fourth-order valence-electron chi connectivity index (χ4n) is 3.84. The molecule has 1 N–H and O–H groups in total. The number of anilines is 1. The van der Waals surface area contributed by atoms with Crippen LogP contribution < -0.4 is 10.9 Å². The highest BCUT2D eigenvalue weighted by molar-refractivity contribution is 6.07. The average Bonchev–Trinajstić information content (AvgIpc) is 3.01. The molecule has 148 valence electrons. The first-order valence-electron chi connectivity index (χ1n) is 9.83. The third-order valence-corrected chi connectivity index (χ3v) is 5.17. The molecule has 6 heteroatoms. The van der Waals surface area contributed by atoms with Gasteiger partial charge in [-0.2, -0.15) is 5.10 Å². The van der Waals surface area contributed by atoms with Crippen molar-refractivity contribution in [2.75, 3.05) is 5.32 Å². The minimum Gasteiger partial charge on any atom is -0.336 e. The lowest BCUT2D eigenvalue weighted by Gasteiger charge is -2.10. The lowest BCUT2D eigenvalue weighted by molar-refractivity contribution is -0.117. The van der Waals surface area contributed by atoms with Gasteiger partial charge in [-0.25, -0.2) is 4.68 Å². The molecule has 0 aliphatic carbocycles. The number of carbonyl (C=O) groups is 1. The third-order valence-electron chi connectivity index (χ3n) is 5.17. The highest BCUT2D eigenvalue weighted by atomic mass is 16.2. The summed E-state index contributed by atoms with van der Waals surface area (Å²) in [6.07, 6.45) is 2.60. The van der Waals surface area contributed by atoms with Crippen molar-refractivity contribution in [2.45, 2.75) is 40.3 Å². The molecule has 0 aliphatic rings. The molecule has 0 atom stereocenters. The number of hydrogen-bond acceptors (Lipinski definition) is 3. The first kappa shape index (κ1) is 18.9. The Hall–Kier alpha value is -3.41. The number of nitrogens with one attached hydrogen (secondary N) is 1. The molecule has 0 spiro atoms. The van der Waals surface area contributed by atoms with Gasteiger partial charge in [0.2, 0.25) is 5.91 Å². The molecule has 4 aromatic rings. The van der Waals surface area contributed by atoms with E-state index in [4.69, 9.17) is 0 Å². The van der Waals surface area contributed by atoms with E-state index in [9.17, 15) is 9.59 Å². The summed E-state index contributed by atoms with van der Waals surface area (Å²) in [6.45, 7) is 6.64. The molecule has 0 saturated heterocycles. The highest BCUT2D eigenvalue weighted by Gasteiger charge is 2.16. The molecule has 0 unspecified atom stereocenters. The average molecular weight is 388 g/mol. The van der Waals surface area contributed by atoms with Gasteiger partial charge in [0.05, 0.1) is 6.20 Å². The van der Waals surface area contributed by atoms with Crippen molar-refractivity contribution < 1.29 is 4.79 Å². The monoisotopic (exact) mass is 388 g/mol. The predicted octanol–water partition coefficient (Wildman–Crippen LogP) is 4.02. The maximum absolute atomic E-state index is 13.2. The Morgan fingerprint density at radius 2 is 1.90 bits per heavy atom. The van der Waals surface area contributed by atoms with Crippen molar-refractivity contribution in [1.82, 2.24) is 14.3 Å². The van der Waals surface area contributed by atoms with E-state index in [2.05, 4.69) is 17.3 Å². The van der Waals surface area contributed by atoms with E-state index in [1.165, 1.54) is 4.68 Å². The van der Waals surface area contributed by atoms with Crippen LogP contribution in [0.5, 0.6) is 0 Å². The Balaban J connectivity index is 1.72. The quantitative estimate of drug-likeness (QED) is 0.561. The van der Waals surface area contributed by atoms with Gasteiger partial charge in [-0.05, 0) is 38.0 Å². The molecule has 2 aromatic carbocycles. The predicted molar refractivity (Wildman–Crippen MR) is 116 cm³/mol. The van der Waals surface area contributed by atoms with Crippen LogP contribution in [-0.2, 0) is 17.9 Å². The smallest absolute Gasteiger partial charge is 0.291 e. The molecule has 0 radical (unpaired) electrons. The van der Waals surface area contributed by atoms with Crippen LogP contribution in [0.3, 0.4) is 0 Å². The molecule has 6 nitrogen and oxygen atoms in total. The number of para-hydroxylation sites is 1. The fraction of sp³-hybridized carbons (Fsp3) is 0.261. The lowest BCUT2D eigenvalue weighted by atomic mass is 10.1. The summed E-state index contributed by atoms with van der Waals surface area (Å²) in [7, 11) is 0. The molecule has 0 saturated carbocycles. The van der Waals surface area contributed by atoms with E-state index >= 15 is 0 Å². The van der Waals surface area contributed by atoms with Gasteiger partial charge in [0.25, 0.3) is 5.56 Å². The standard InChI is InChI=1S/C23H24N4O2/c1-4-11-26-20-8-6-5-7-17(20)18-13-24-27(23(29)22(18)26)14-21(28)25-19-10-9-15(2)12-16(19)3/h5-10,12-13H,4,11,14H2,1-3H3,(H,25,28). The highest BCUT2D eigenvalue weighted by Crippen LogP contribution is 2.26. The van der Waals surface area contributed by atoms with Crippen LogP contribution in [0.1, 0.15) is 24.5 Å². The number of amides is 1. The van der Waals surface area contributed by atoms with Gasteiger partial charge in [0.1, 0.15) is 12.1 Å². The molecule has 2 aromatic heterocycles. The third kappa shape index (κ3) is 3.42. The summed E-state index contributed by atoms with van der Waals surface area (Å²) in [5, 5.41) is 8.99. The van der Waals surface area contributed by atoms with Crippen LogP contribution in [0.4, 0.5) is 5.69 Å². The number of aromatic nitrogens is 3. The van der Waals surface area contributed by atoms with Gasteiger partial charge in [0, 0.05) is 28.5 Å². The Labute approximate surface area is 168 Å². The molecule has 4 rings (SSSR count). The van der Waals surface area contributed by atoms with Gasteiger partial charge in [-0.1, -0.05) is 42.8 Å². The molecular formula is C23H24N4O2. The second kappa shape index (κ2) is 7.54. The van der Waals surface area contributed by atoms with Gasteiger partial charge in [-0.3, -0.25) is 9.59 Å². The molecule has 0 fully saturated rings. The van der Waals surface area contributed by atoms with Crippen LogP contribution in [0.2, 0.25) is 0 Å². The molecule has 0 aliphatic heterocycles. The maximum atomic E-state index is 13.2. The van der Waals surface area contributed by atoms with E-state index in [0.717, 1.165) is 46.1 Å². The summed E-state index contributed by atoms with van der Waals surface area (Å²) >= 11 is 0. The number of fused-ring (bicyclic) bond motifs is 3. The van der Waals surface area contributed by atoms with E-state index in [0.29, 0.717) is 5.52 Å². The van der Waals surface area contributed by atoms with Crippen molar-refractivity contribution in [1.29, 1.82) is 0 Å². The number of carbonyl (C=O) groups excluding carboxylic acids is 1. The minimum absolute atomic E-state index is 0.129. The Morgan fingerprint density at radius 1 is 1.10 bits per heavy atom. The zero-order chi connectivity index (χ0) is 20.5. The molecular weight excluding hydrogens is 364 g/mol. The van der Waals surface area contributed by atoms with Gasteiger partial charge in [0.15, 0.2) is 0 Å². The number of nitrogens with zero attached hydrogens (tertiary/aromatic N) is 3. The largest absolute Gasteiger partial charge is 0.336 e. The first-order chi connectivity index (χ1) is 14.0. The van der Waals surface area contributed by atoms with E-state index < -0.39 is 0 Å². The number of benzene rings is 2. The second-order valence-corrected chi connectivity index (χ2v) is 7.40. The number of rotatable bonds is 5. The second-order valence-electron chi connectivity index (χ2n) is 7.40. The normalized spacial score (nSPS) is 11.3. The zero-order valence-electron chi connectivity index (χ0n) is 16.9. The minimum atomic E-state index is -0.274. The summed E-state index contributed by atoms with van der Waals surface area (Å²) in [6, 6.07) is 13.8. The van der Waals surface area contributed by atoms with Crippen LogP contribution >= 0.6 is 0 Å². The Morgan fingerprint density at radius 3 is 2.66 bits per heavy atom. The van der Waals surface area contributed by atoms with Gasteiger partial charge in [-0.15, -0.1) is 0 Å². The van der Waals surface area contributed by atoms with Gasteiger partial charge < -0.3 is 9.88 Å². The summed E-state index contributed by atoms with van der Waals surface area (Å²) < 4.78 is 3.28. The topological polar surface area (TPSA) is 68.9 Å². The van der Waals surface area contributed by atoms with Crippen molar-refractivity contribution in [3.05, 3.63) is 70.1 Å². The van der Waals surface area contributed by atoms with Crippen molar-refractivity contribution in [3.8, 4) is 0 Å². The van der Waals surface area contributed by atoms with E-state index in [-0.39, 0.29) is 18.0 Å². The van der Waals surface area contributed by atoms with Crippen molar-refractivity contribution in [3.63, 3.8) is 0 Å². The van der Waals surface area contributed by atoms with E-state index in [1.807, 2.05) is 60.9 Å². The first-order valence-corrected chi connectivity index (χ1v) is 9.83. The lowest BCUT2D eigenvalue weighted by Crippen LogP contribution is -2.30. The molecule has 2 heterocycles. The van der Waals surface area contributed by atoms with Crippen LogP contribution in [0.15, 0.2) is 53.5 Å². The Kier molecular flexibility index (Phi) is 4.92.